The zero-order valence-corrected chi connectivity index (χ0v) is 12.0. The third kappa shape index (κ3) is 6.39. The first kappa shape index (κ1) is 15.5. The van der Waals surface area contributed by atoms with Crippen LogP contribution in [0.5, 0.6) is 0 Å². The lowest BCUT2D eigenvalue weighted by molar-refractivity contribution is 0.118. The molecule has 1 aromatic carbocycles. The van der Waals surface area contributed by atoms with E-state index in [1.165, 1.54) is 12.0 Å². The van der Waals surface area contributed by atoms with Crippen LogP contribution in [0.4, 0.5) is 0 Å². The first-order chi connectivity index (χ1) is 8.76. The van der Waals surface area contributed by atoms with Gasteiger partial charge in [-0.1, -0.05) is 37.1 Å². The van der Waals surface area contributed by atoms with Gasteiger partial charge in [0.25, 0.3) is 0 Å². The van der Waals surface area contributed by atoms with Gasteiger partial charge in [0.2, 0.25) is 0 Å². The molecule has 0 aliphatic rings. The topological polar surface area (TPSA) is 35.2 Å². The number of halogens is 1. The monoisotopic (exact) mass is 269 g/mol. The highest BCUT2D eigenvalue weighted by Gasteiger charge is 2.07. The minimum absolute atomic E-state index is 0.493. The normalized spacial score (nSPS) is 12.6. The quantitative estimate of drug-likeness (QED) is 0.695. The van der Waals surface area contributed by atoms with Gasteiger partial charge in [-0.05, 0) is 49.4 Å². The Morgan fingerprint density at radius 2 is 1.94 bits per heavy atom. The second-order valence-electron chi connectivity index (χ2n) is 4.69. The molecule has 0 saturated carbocycles. The number of hydrogen-bond acceptors (Lipinski definition) is 2. The summed E-state index contributed by atoms with van der Waals surface area (Å²) in [4.78, 5) is 0. The molecule has 1 rings (SSSR count). The van der Waals surface area contributed by atoms with Gasteiger partial charge >= 0.3 is 0 Å². The number of nitrogens with two attached hydrogens (primary N) is 1. The van der Waals surface area contributed by atoms with Gasteiger partial charge in [-0.15, -0.1) is 0 Å². The Hall–Kier alpha value is -0.570. The Balaban J connectivity index is 2.26. The SMILES string of the molecule is CCCCOCCC(CN)Cc1ccc(Cl)cc1. The van der Waals surface area contributed by atoms with Crippen LogP contribution in [0.25, 0.3) is 0 Å². The van der Waals surface area contributed by atoms with E-state index in [4.69, 9.17) is 22.1 Å². The fourth-order valence-corrected chi connectivity index (χ4v) is 1.98. The molecule has 1 unspecified atom stereocenters. The van der Waals surface area contributed by atoms with Crippen LogP contribution in [-0.4, -0.2) is 19.8 Å². The van der Waals surface area contributed by atoms with Gasteiger partial charge in [0.05, 0.1) is 0 Å². The molecule has 0 heterocycles. The summed E-state index contributed by atoms with van der Waals surface area (Å²) >= 11 is 5.87. The van der Waals surface area contributed by atoms with Gasteiger partial charge in [-0.25, -0.2) is 0 Å². The van der Waals surface area contributed by atoms with Crippen molar-refractivity contribution in [1.29, 1.82) is 0 Å². The predicted octanol–water partition coefficient (Wildman–Crippen LogP) is 3.66. The second-order valence-corrected chi connectivity index (χ2v) is 5.12. The smallest absolute Gasteiger partial charge is 0.0469 e. The average molecular weight is 270 g/mol. The molecule has 102 valence electrons. The van der Waals surface area contributed by atoms with Crippen LogP contribution in [-0.2, 0) is 11.2 Å². The summed E-state index contributed by atoms with van der Waals surface area (Å²) < 4.78 is 5.59. The van der Waals surface area contributed by atoms with Crippen molar-refractivity contribution >= 4 is 11.6 Å². The number of benzene rings is 1. The first-order valence-electron chi connectivity index (χ1n) is 6.78. The van der Waals surface area contributed by atoms with Gasteiger partial charge in [-0.2, -0.15) is 0 Å². The summed E-state index contributed by atoms with van der Waals surface area (Å²) in [5, 5.41) is 0.783. The molecule has 0 amide bonds. The highest BCUT2D eigenvalue weighted by atomic mass is 35.5. The fraction of sp³-hybridized carbons (Fsp3) is 0.600. The molecule has 0 aromatic heterocycles. The van der Waals surface area contributed by atoms with Crippen molar-refractivity contribution in [1.82, 2.24) is 0 Å². The number of ether oxygens (including phenoxy) is 1. The third-order valence-corrected chi connectivity index (χ3v) is 3.34. The van der Waals surface area contributed by atoms with E-state index in [9.17, 15) is 0 Å². The van der Waals surface area contributed by atoms with Crippen molar-refractivity contribution in [2.75, 3.05) is 19.8 Å². The molecule has 0 aliphatic carbocycles. The average Bonchev–Trinajstić information content (AvgIpc) is 2.39. The van der Waals surface area contributed by atoms with Crippen LogP contribution in [0.3, 0.4) is 0 Å². The Bertz CT molecular complexity index is 313. The number of hydrogen-bond donors (Lipinski definition) is 1. The Labute approximate surface area is 115 Å². The summed E-state index contributed by atoms with van der Waals surface area (Å²) in [6.07, 6.45) is 4.36. The van der Waals surface area contributed by atoms with E-state index in [2.05, 4.69) is 19.1 Å². The molecule has 0 aliphatic heterocycles. The molecule has 1 aromatic rings. The van der Waals surface area contributed by atoms with Crippen LogP contribution in [0.1, 0.15) is 31.7 Å². The lowest BCUT2D eigenvalue weighted by Gasteiger charge is -2.15. The van der Waals surface area contributed by atoms with Crippen molar-refractivity contribution in [3.63, 3.8) is 0 Å². The van der Waals surface area contributed by atoms with E-state index in [-0.39, 0.29) is 0 Å². The highest BCUT2D eigenvalue weighted by molar-refractivity contribution is 6.30. The van der Waals surface area contributed by atoms with Crippen molar-refractivity contribution in [3.8, 4) is 0 Å². The molecule has 0 spiro atoms. The first-order valence-corrected chi connectivity index (χ1v) is 7.16. The standard InChI is InChI=1S/C15H24ClNO/c1-2-3-9-18-10-8-14(12-17)11-13-4-6-15(16)7-5-13/h4-7,14H,2-3,8-12,17H2,1H3. The second kappa shape index (κ2) is 9.37. The third-order valence-electron chi connectivity index (χ3n) is 3.08. The fourth-order valence-electron chi connectivity index (χ4n) is 1.86. The van der Waals surface area contributed by atoms with Crippen LogP contribution in [0.15, 0.2) is 24.3 Å². The van der Waals surface area contributed by atoms with Gasteiger partial charge in [0.1, 0.15) is 0 Å². The maximum atomic E-state index is 5.87. The predicted molar refractivity (Wildman–Crippen MR) is 78.0 cm³/mol. The minimum atomic E-state index is 0.493. The zero-order chi connectivity index (χ0) is 13.2. The number of rotatable bonds is 9. The van der Waals surface area contributed by atoms with E-state index < -0.39 is 0 Å². The minimum Gasteiger partial charge on any atom is -0.381 e. The molecular formula is C15H24ClNO. The molecule has 2 nitrogen and oxygen atoms in total. The summed E-state index contributed by atoms with van der Waals surface area (Å²) in [5.41, 5.74) is 7.10. The van der Waals surface area contributed by atoms with Crippen LogP contribution in [0, 0.1) is 5.92 Å². The largest absolute Gasteiger partial charge is 0.381 e. The van der Waals surface area contributed by atoms with Gasteiger partial charge in [-0.3, -0.25) is 0 Å². The van der Waals surface area contributed by atoms with Gasteiger partial charge in [0, 0.05) is 18.2 Å². The van der Waals surface area contributed by atoms with E-state index in [1.54, 1.807) is 0 Å². The molecule has 18 heavy (non-hydrogen) atoms. The highest BCUT2D eigenvalue weighted by Crippen LogP contribution is 2.15. The maximum Gasteiger partial charge on any atom is 0.0469 e. The van der Waals surface area contributed by atoms with Gasteiger partial charge in [0.15, 0.2) is 0 Å². The molecule has 1 atom stereocenters. The molecule has 2 N–H and O–H groups in total. The van der Waals surface area contributed by atoms with E-state index >= 15 is 0 Å². The Kier molecular flexibility index (Phi) is 8.06. The van der Waals surface area contributed by atoms with Crippen molar-refractivity contribution in [3.05, 3.63) is 34.9 Å². The Morgan fingerprint density at radius 1 is 1.22 bits per heavy atom. The van der Waals surface area contributed by atoms with Gasteiger partial charge < -0.3 is 10.5 Å². The lowest BCUT2D eigenvalue weighted by atomic mass is 9.97. The Morgan fingerprint density at radius 3 is 2.56 bits per heavy atom. The van der Waals surface area contributed by atoms with Crippen molar-refractivity contribution in [2.24, 2.45) is 11.7 Å². The van der Waals surface area contributed by atoms with E-state index in [1.807, 2.05) is 12.1 Å². The molecule has 0 saturated heterocycles. The summed E-state index contributed by atoms with van der Waals surface area (Å²) in [5.74, 6) is 0.493. The molecule has 3 heteroatoms. The zero-order valence-electron chi connectivity index (χ0n) is 11.2. The summed E-state index contributed by atoms with van der Waals surface area (Å²) in [6.45, 7) is 4.57. The summed E-state index contributed by atoms with van der Waals surface area (Å²) in [6, 6.07) is 8.01. The lowest BCUT2D eigenvalue weighted by Crippen LogP contribution is -2.19. The molecule has 0 radical (unpaired) electrons. The molecule has 0 fully saturated rings. The molecule has 0 bridgehead atoms. The van der Waals surface area contributed by atoms with Crippen LogP contribution >= 0.6 is 11.6 Å². The van der Waals surface area contributed by atoms with Crippen molar-refractivity contribution in [2.45, 2.75) is 32.6 Å². The van der Waals surface area contributed by atoms with E-state index in [0.29, 0.717) is 12.5 Å². The molecular weight excluding hydrogens is 246 g/mol. The van der Waals surface area contributed by atoms with Crippen molar-refractivity contribution < 1.29 is 4.74 Å². The van der Waals surface area contributed by atoms with Crippen LogP contribution in [0.2, 0.25) is 5.02 Å². The summed E-state index contributed by atoms with van der Waals surface area (Å²) in [7, 11) is 0. The van der Waals surface area contributed by atoms with E-state index in [0.717, 1.165) is 37.5 Å². The number of unbranched alkanes of at least 4 members (excludes halogenated alkanes) is 1. The maximum absolute atomic E-state index is 5.87. The van der Waals surface area contributed by atoms with Crippen LogP contribution < -0.4 is 5.73 Å².